The molecule has 0 atom stereocenters. The molecule has 1 aromatic heterocycles. The molecule has 33 heavy (non-hydrogen) atoms. The number of piperidine rings is 1. The van der Waals surface area contributed by atoms with Crippen LogP contribution in [-0.4, -0.2) is 84.5 Å². The normalized spacial score (nSPS) is 20.3. The zero-order valence-corrected chi connectivity index (χ0v) is 19.2. The Kier molecular flexibility index (Phi) is 5.20. The third kappa shape index (κ3) is 3.74. The number of pyridine rings is 1. The highest BCUT2D eigenvalue weighted by Gasteiger charge is 2.27. The number of carbonyl (C=O) groups excluding carboxylic acids is 1. The van der Waals surface area contributed by atoms with Gasteiger partial charge < -0.3 is 15.2 Å². The first-order chi connectivity index (χ1) is 16.1. The molecule has 0 spiro atoms. The van der Waals surface area contributed by atoms with Gasteiger partial charge in [0.25, 0.3) is 5.56 Å². The number of aromatic amines is 1. The number of H-pyrrole nitrogens is 1. The van der Waals surface area contributed by atoms with Crippen LogP contribution < -0.4 is 10.9 Å². The van der Waals surface area contributed by atoms with Gasteiger partial charge in [0, 0.05) is 66.0 Å². The summed E-state index contributed by atoms with van der Waals surface area (Å²) in [5.41, 5.74) is 3.92. The third-order valence-electron chi connectivity index (χ3n) is 7.83. The van der Waals surface area contributed by atoms with Crippen LogP contribution in [0.3, 0.4) is 0 Å². The fraction of sp³-hybridized carbons (Fsp3) is 0.462. The predicted molar refractivity (Wildman–Crippen MR) is 132 cm³/mol. The van der Waals surface area contributed by atoms with Crippen molar-refractivity contribution in [3.63, 3.8) is 0 Å². The number of hydrogen-bond donors (Lipinski definition) is 2. The number of carbonyl (C=O) groups is 1. The minimum absolute atomic E-state index is 0.0370. The molecule has 7 heteroatoms. The van der Waals surface area contributed by atoms with Crippen LogP contribution in [0.15, 0.2) is 35.1 Å². The van der Waals surface area contributed by atoms with Crippen molar-refractivity contribution in [2.45, 2.75) is 25.3 Å². The monoisotopic (exact) mass is 445 g/mol. The Morgan fingerprint density at radius 2 is 1.82 bits per heavy atom. The quantitative estimate of drug-likeness (QED) is 0.472. The molecule has 0 unspecified atom stereocenters. The van der Waals surface area contributed by atoms with Crippen LogP contribution in [0.25, 0.3) is 21.7 Å². The largest absolute Gasteiger partial charge is 0.325 e. The van der Waals surface area contributed by atoms with Crippen LogP contribution in [0.4, 0.5) is 5.69 Å². The molecule has 2 N–H and O–H groups in total. The molecule has 2 aliphatic heterocycles. The summed E-state index contributed by atoms with van der Waals surface area (Å²) in [7, 11) is 2.20. The second-order valence-corrected chi connectivity index (χ2v) is 9.88. The number of amides is 1. The maximum atomic E-state index is 12.9. The summed E-state index contributed by atoms with van der Waals surface area (Å²) in [6.45, 7) is 6.77. The van der Waals surface area contributed by atoms with Crippen molar-refractivity contribution < 1.29 is 4.79 Å². The van der Waals surface area contributed by atoms with E-state index in [1.54, 1.807) is 0 Å². The molecular formula is C26H31N5O2. The Morgan fingerprint density at radius 1 is 1.03 bits per heavy atom. The van der Waals surface area contributed by atoms with Crippen molar-refractivity contribution in [2.75, 3.05) is 58.2 Å². The number of hydrogen-bond acceptors (Lipinski definition) is 5. The van der Waals surface area contributed by atoms with Gasteiger partial charge in [-0.1, -0.05) is 12.1 Å². The van der Waals surface area contributed by atoms with Crippen LogP contribution in [0.5, 0.6) is 0 Å². The first-order valence-corrected chi connectivity index (χ1v) is 12.1. The lowest BCUT2D eigenvalue weighted by Gasteiger charge is -2.42. The molecule has 0 bridgehead atoms. The Hall–Kier alpha value is -2.74. The molecule has 2 aromatic carbocycles. The van der Waals surface area contributed by atoms with E-state index in [0.29, 0.717) is 12.6 Å². The van der Waals surface area contributed by atoms with Crippen molar-refractivity contribution in [2.24, 2.45) is 0 Å². The van der Waals surface area contributed by atoms with E-state index in [4.69, 9.17) is 0 Å². The van der Waals surface area contributed by atoms with Gasteiger partial charge in [0.05, 0.1) is 6.54 Å². The Labute approximate surface area is 193 Å². The molecule has 1 amide bonds. The van der Waals surface area contributed by atoms with E-state index < -0.39 is 0 Å². The SMILES string of the molecule is CN1CCC(N2CCN(CC(=O)Nc3ccc4[nH]c(=O)c5cccc6c5c4c3C6)CC2)CC1. The number of nitrogens with one attached hydrogen (secondary N) is 2. The van der Waals surface area contributed by atoms with Gasteiger partial charge in [-0.15, -0.1) is 0 Å². The van der Waals surface area contributed by atoms with Gasteiger partial charge in [-0.3, -0.25) is 19.4 Å². The minimum Gasteiger partial charge on any atom is -0.325 e. The van der Waals surface area contributed by atoms with Crippen LogP contribution in [0.2, 0.25) is 0 Å². The molecule has 3 aliphatic rings. The van der Waals surface area contributed by atoms with Gasteiger partial charge in [-0.05, 0) is 62.3 Å². The summed E-state index contributed by atoms with van der Waals surface area (Å²) in [6, 6.07) is 10.4. The zero-order chi connectivity index (χ0) is 22.5. The van der Waals surface area contributed by atoms with E-state index in [9.17, 15) is 9.59 Å². The summed E-state index contributed by atoms with van der Waals surface area (Å²) in [4.78, 5) is 35.7. The Morgan fingerprint density at radius 3 is 2.61 bits per heavy atom. The van der Waals surface area contributed by atoms with E-state index in [0.717, 1.165) is 71.1 Å². The van der Waals surface area contributed by atoms with Gasteiger partial charge in [-0.25, -0.2) is 0 Å². The Balaban J connectivity index is 1.13. The summed E-state index contributed by atoms with van der Waals surface area (Å²) >= 11 is 0. The number of rotatable bonds is 4. The van der Waals surface area contributed by atoms with Crippen molar-refractivity contribution in [3.05, 3.63) is 51.8 Å². The minimum atomic E-state index is -0.0524. The molecule has 0 saturated carbocycles. The topological polar surface area (TPSA) is 71.7 Å². The van der Waals surface area contributed by atoms with Crippen LogP contribution >= 0.6 is 0 Å². The van der Waals surface area contributed by atoms with Gasteiger partial charge in [0.1, 0.15) is 0 Å². The van der Waals surface area contributed by atoms with Gasteiger partial charge in [0.2, 0.25) is 5.91 Å². The summed E-state index contributed by atoms with van der Waals surface area (Å²) in [5.74, 6) is 0.0370. The molecule has 1 aliphatic carbocycles. The van der Waals surface area contributed by atoms with Crippen molar-refractivity contribution >= 4 is 33.3 Å². The maximum Gasteiger partial charge on any atom is 0.256 e. The van der Waals surface area contributed by atoms with Gasteiger partial charge >= 0.3 is 0 Å². The Bertz CT molecular complexity index is 1280. The zero-order valence-electron chi connectivity index (χ0n) is 19.2. The molecule has 0 radical (unpaired) electrons. The predicted octanol–water partition coefficient (Wildman–Crippen LogP) is 2.24. The smallest absolute Gasteiger partial charge is 0.256 e. The van der Waals surface area contributed by atoms with Crippen molar-refractivity contribution in [1.29, 1.82) is 0 Å². The first-order valence-electron chi connectivity index (χ1n) is 12.1. The highest BCUT2D eigenvalue weighted by atomic mass is 16.2. The molecule has 172 valence electrons. The van der Waals surface area contributed by atoms with Crippen molar-refractivity contribution in [1.82, 2.24) is 19.7 Å². The van der Waals surface area contributed by atoms with E-state index in [1.165, 1.54) is 25.9 Å². The van der Waals surface area contributed by atoms with E-state index in [-0.39, 0.29) is 11.5 Å². The maximum absolute atomic E-state index is 12.9. The fourth-order valence-electron chi connectivity index (χ4n) is 5.99. The highest BCUT2D eigenvalue weighted by Crippen LogP contribution is 2.39. The summed E-state index contributed by atoms with van der Waals surface area (Å²) in [6.07, 6.45) is 3.25. The number of piperazine rings is 1. The number of anilines is 1. The molecular weight excluding hydrogens is 414 g/mol. The lowest BCUT2D eigenvalue weighted by atomic mass is 10.0. The average Bonchev–Trinajstić information content (AvgIpc) is 3.22. The molecule has 3 heterocycles. The number of nitrogens with zero attached hydrogens (tertiary/aromatic N) is 3. The first kappa shape index (κ1) is 20.8. The summed E-state index contributed by atoms with van der Waals surface area (Å²) < 4.78 is 0. The fourth-order valence-corrected chi connectivity index (χ4v) is 5.99. The van der Waals surface area contributed by atoms with Gasteiger partial charge in [-0.2, -0.15) is 0 Å². The lowest BCUT2D eigenvalue weighted by Crippen LogP contribution is -2.53. The van der Waals surface area contributed by atoms with Crippen LogP contribution in [0.1, 0.15) is 24.0 Å². The second-order valence-electron chi connectivity index (χ2n) is 9.88. The standard InChI is InChI=1S/C26H31N5O2/c1-29-9-7-18(8-10-29)31-13-11-30(12-14-31)16-23(32)27-21-5-6-22-25-20(21)15-17-3-2-4-19(24(17)25)26(33)28-22/h2-6,18H,7-16H2,1H3,(H,27,32)(H,28,33). The second kappa shape index (κ2) is 8.24. The van der Waals surface area contributed by atoms with E-state index >= 15 is 0 Å². The van der Waals surface area contributed by atoms with E-state index in [2.05, 4.69) is 38.1 Å². The van der Waals surface area contributed by atoms with Crippen molar-refractivity contribution in [3.8, 4) is 0 Å². The molecule has 2 fully saturated rings. The molecule has 3 aromatic rings. The van der Waals surface area contributed by atoms with E-state index in [1.807, 2.05) is 24.3 Å². The van der Waals surface area contributed by atoms with Gasteiger partial charge in [0.15, 0.2) is 0 Å². The van der Waals surface area contributed by atoms with Crippen LogP contribution in [-0.2, 0) is 11.2 Å². The molecule has 6 rings (SSSR count). The van der Waals surface area contributed by atoms with Crippen LogP contribution in [0, 0.1) is 0 Å². The number of benzene rings is 2. The third-order valence-corrected chi connectivity index (χ3v) is 7.83. The summed E-state index contributed by atoms with van der Waals surface area (Å²) in [5, 5.41) is 6.01. The lowest BCUT2D eigenvalue weighted by molar-refractivity contribution is -0.117. The molecule has 2 saturated heterocycles. The number of likely N-dealkylation sites (tertiary alicyclic amines) is 1. The highest BCUT2D eigenvalue weighted by molar-refractivity contribution is 6.14. The average molecular weight is 446 g/mol. The molecule has 7 nitrogen and oxygen atoms in total. The number of aromatic nitrogens is 1.